The van der Waals surface area contributed by atoms with Crippen molar-refractivity contribution in [2.24, 2.45) is 23.2 Å². The molecule has 0 aliphatic heterocycles. The zero-order chi connectivity index (χ0) is 16.0. The summed E-state index contributed by atoms with van der Waals surface area (Å²) in [6.45, 7) is 1.41. The van der Waals surface area contributed by atoms with Crippen molar-refractivity contribution in [1.82, 2.24) is 0 Å². The second-order valence-electron chi connectivity index (χ2n) is 7.43. The van der Waals surface area contributed by atoms with E-state index in [1.54, 1.807) is 0 Å². The van der Waals surface area contributed by atoms with Gasteiger partial charge in [-0.2, -0.15) is 8.78 Å². The summed E-state index contributed by atoms with van der Waals surface area (Å²) in [5.74, 6) is 1.09. The van der Waals surface area contributed by atoms with E-state index in [0.29, 0.717) is 5.92 Å². The van der Waals surface area contributed by atoms with Gasteiger partial charge in [0.05, 0.1) is 12.2 Å². The molecule has 4 saturated carbocycles. The van der Waals surface area contributed by atoms with Crippen molar-refractivity contribution in [3.63, 3.8) is 0 Å². The summed E-state index contributed by atoms with van der Waals surface area (Å²) >= 11 is -0.275. The Bertz CT molecular complexity index is 402. The van der Waals surface area contributed by atoms with E-state index in [0.717, 1.165) is 32.1 Å². The summed E-state index contributed by atoms with van der Waals surface area (Å²) < 4.78 is 35.8. The predicted molar refractivity (Wildman–Crippen MR) is 74.8 cm³/mol. The maximum Gasteiger partial charge on any atom is 0.343 e. The molecule has 4 aliphatic rings. The highest BCUT2D eigenvalue weighted by Crippen LogP contribution is 2.63. The summed E-state index contributed by atoms with van der Waals surface area (Å²) in [6.07, 6.45) is 4.78. The van der Waals surface area contributed by atoms with Crippen molar-refractivity contribution in [2.75, 3.05) is 13.2 Å². The summed E-state index contributed by atoms with van der Waals surface area (Å²) in [5.41, 5.74) is -0.694. The van der Waals surface area contributed by atoms with Crippen molar-refractivity contribution < 1.29 is 33.3 Å². The molecule has 0 aromatic rings. The third-order valence-corrected chi connectivity index (χ3v) is 6.32. The second-order valence-corrected chi connectivity index (χ2v) is 8.33. The Morgan fingerprint density at radius 1 is 1.23 bits per heavy atom. The van der Waals surface area contributed by atoms with E-state index in [1.165, 1.54) is 0 Å². The molecule has 2 atom stereocenters. The molecule has 4 aliphatic carbocycles. The normalized spacial score (nSPS) is 43.8. The maximum absolute atomic E-state index is 13.4. The van der Waals surface area contributed by atoms with Gasteiger partial charge in [0.2, 0.25) is 0 Å². The summed E-state index contributed by atoms with van der Waals surface area (Å²) in [4.78, 5) is 0. The van der Waals surface area contributed by atoms with E-state index in [2.05, 4.69) is 9.37 Å². The molecule has 128 valence electrons. The van der Waals surface area contributed by atoms with Gasteiger partial charge in [0.25, 0.3) is 0 Å². The van der Waals surface area contributed by atoms with Gasteiger partial charge in [-0.15, -0.1) is 4.33 Å². The lowest BCUT2D eigenvalue weighted by Gasteiger charge is -2.62. The maximum atomic E-state index is 13.4. The van der Waals surface area contributed by atoms with Crippen LogP contribution in [0.3, 0.4) is 0 Å². The Labute approximate surface area is 132 Å². The van der Waals surface area contributed by atoms with Gasteiger partial charge in [-0.1, -0.05) is 5.04 Å². The molecule has 0 aromatic carbocycles. The first kappa shape index (κ1) is 16.9. The Kier molecular flexibility index (Phi) is 4.46. The fourth-order valence-corrected chi connectivity index (χ4v) is 5.28. The average molecular weight is 340 g/mol. The number of hydrogen-bond donors (Lipinski definition) is 2. The molecule has 4 fully saturated rings. The van der Waals surface area contributed by atoms with Crippen LogP contribution < -0.4 is 0 Å². The molecule has 2 N–H and O–H groups in total. The number of halogens is 2. The Hall–Kier alpha value is 0.01000. The minimum Gasteiger partial charge on any atom is -0.390 e. The van der Waals surface area contributed by atoms with Gasteiger partial charge in [0, 0.05) is 0 Å². The Morgan fingerprint density at radius 3 is 2.45 bits per heavy atom. The van der Waals surface area contributed by atoms with Crippen molar-refractivity contribution >= 4 is 12.0 Å². The zero-order valence-corrected chi connectivity index (χ0v) is 13.3. The number of hydrogen-bond acceptors (Lipinski definition) is 6. The molecule has 2 unspecified atom stereocenters. The number of aliphatic hydroxyl groups is 1. The lowest BCUT2D eigenvalue weighted by molar-refractivity contribution is -0.433. The third kappa shape index (κ3) is 3.14. The van der Waals surface area contributed by atoms with Crippen LogP contribution in [0.25, 0.3) is 0 Å². The zero-order valence-electron chi connectivity index (χ0n) is 12.5. The van der Waals surface area contributed by atoms with Gasteiger partial charge in [-0.3, -0.25) is 0 Å². The highest BCUT2D eigenvalue weighted by Gasteiger charge is 2.59. The molecule has 0 spiro atoms. The topological polar surface area (TPSA) is 68.2 Å². The predicted octanol–water partition coefficient (Wildman–Crippen LogP) is 3.24. The molecule has 0 aromatic heterocycles. The lowest BCUT2D eigenvalue weighted by Crippen LogP contribution is -2.60. The lowest BCUT2D eigenvalue weighted by atomic mass is 9.45. The van der Waals surface area contributed by atoms with Crippen LogP contribution in [0, 0.1) is 23.2 Å². The van der Waals surface area contributed by atoms with Crippen molar-refractivity contribution in [3.8, 4) is 0 Å². The summed E-state index contributed by atoms with van der Waals surface area (Å²) in [7, 11) is 0. The van der Waals surface area contributed by atoms with Gasteiger partial charge in [0.15, 0.2) is 0 Å². The quantitative estimate of drug-likeness (QED) is 0.421. The monoisotopic (exact) mass is 340 g/mol. The standard InChI is InChI=1S/C14H22F2O5S/c1-12(17)10-2-9-3-11(12)6-13(4-9,5-10)7-19-8-14(15,16)22-21-20-18/h9-11,17-18H,2-8H2,1H3. The van der Waals surface area contributed by atoms with E-state index >= 15 is 0 Å². The van der Waals surface area contributed by atoms with Gasteiger partial charge in [-0.25, -0.2) is 5.26 Å². The molecule has 8 heteroatoms. The SMILES string of the molecule is CC1(O)C2CC3CC1CC(COCC(F)(F)SOOO)(C3)C2. The number of rotatable bonds is 7. The van der Waals surface area contributed by atoms with E-state index in [1.807, 2.05) is 6.92 Å². The van der Waals surface area contributed by atoms with Crippen molar-refractivity contribution in [2.45, 2.75) is 49.9 Å². The first-order valence-corrected chi connectivity index (χ1v) is 8.34. The van der Waals surface area contributed by atoms with Crippen LogP contribution in [0.2, 0.25) is 0 Å². The van der Waals surface area contributed by atoms with E-state index in [9.17, 15) is 13.9 Å². The molecular weight excluding hydrogens is 318 g/mol. The van der Waals surface area contributed by atoms with Crippen LogP contribution in [0.1, 0.15) is 39.0 Å². The molecule has 4 rings (SSSR count). The van der Waals surface area contributed by atoms with E-state index in [4.69, 9.17) is 9.99 Å². The Morgan fingerprint density at radius 2 is 1.86 bits per heavy atom. The molecule has 22 heavy (non-hydrogen) atoms. The van der Waals surface area contributed by atoms with E-state index < -0.39 is 17.5 Å². The average Bonchev–Trinajstić information content (AvgIpc) is 2.42. The number of alkyl halides is 2. The Balaban J connectivity index is 1.55. The third-order valence-electron chi connectivity index (χ3n) is 5.83. The van der Waals surface area contributed by atoms with Crippen LogP contribution in [-0.2, 0) is 14.1 Å². The summed E-state index contributed by atoms with van der Waals surface area (Å²) in [5, 5.41) is 18.5. The smallest absolute Gasteiger partial charge is 0.343 e. The van der Waals surface area contributed by atoms with Crippen LogP contribution in [0.15, 0.2) is 0 Å². The fraction of sp³-hybridized carbons (Fsp3) is 1.00. The molecule has 5 nitrogen and oxygen atoms in total. The van der Waals surface area contributed by atoms with Crippen LogP contribution >= 0.6 is 12.0 Å². The van der Waals surface area contributed by atoms with Crippen LogP contribution in [-0.4, -0.2) is 34.4 Å². The van der Waals surface area contributed by atoms with Crippen LogP contribution in [0.5, 0.6) is 0 Å². The van der Waals surface area contributed by atoms with Crippen LogP contribution in [0.4, 0.5) is 8.78 Å². The van der Waals surface area contributed by atoms with Gasteiger partial charge in [0.1, 0.15) is 18.6 Å². The second kappa shape index (κ2) is 5.82. The molecule has 0 radical (unpaired) electrons. The number of ether oxygens (including phenoxy) is 1. The van der Waals surface area contributed by atoms with Gasteiger partial charge in [-0.05, 0) is 62.2 Å². The van der Waals surface area contributed by atoms with Crippen molar-refractivity contribution in [1.29, 1.82) is 0 Å². The molecule has 4 bridgehead atoms. The van der Waals surface area contributed by atoms with Crippen molar-refractivity contribution in [3.05, 3.63) is 0 Å². The molecule has 0 heterocycles. The van der Waals surface area contributed by atoms with Gasteiger partial charge < -0.3 is 9.84 Å². The molecule has 0 saturated heterocycles. The highest BCUT2D eigenvalue weighted by atomic mass is 32.2. The molecule has 0 amide bonds. The largest absolute Gasteiger partial charge is 0.390 e. The van der Waals surface area contributed by atoms with Gasteiger partial charge >= 0.3 is 5.25 Å². The summed E-state index contributed by atoms with van der Waals surface area (Å²) in [6, 6.07) is 0. The first-order valence-electron chi connectivity index (χ1n) is 7.60. The first-order chi connectivity index (χ1) is 10.3. The minimum absolute atomic E-state index is 0.0756. The molecular formula is C14H22F2O5S. The van der Waals surface area contributed by atoms with E-state index in [-0.39, 0.29) is 35.9 Å². The highest BCUT2D eigenvalue weighted by molar-refractivity contribution is 7.95. The fourth-order valence-electron chi connectivity index (χ4n) is 5.02. The minimum atomic E-state index is -3.28.